The van der Waals surface area contributed by atoms with E-state index >= 15 is 0 Å². The summed E-state index contributed by atoms with van der Waals surface area (Å²) in [6.07, 6.45) is 2.48. The second kappa shape index (κ2) is 7.53. The van der Waals surface area contributed by atoms with Crippen LogP contribution in [0.1, 0.15) is 29.8 Å². The Balaban J connectivity index is 1.97. The molecule has 0 atom stereocenters. The van der Waals surface area contributed by atoms with Gasteiger partial charge in [0.1, 0.15) is 5.01 Å². The summed E-state index contributed by atoms with van der Waals surface area (Å²) in [5.74, 6) is -2.95. The molecule has 0 amide bonds. The van der Waals surface area contributed by atoms with Gasteiger partial charge in [0.05, 0.1) is 10.2 Å². The number of aromatic nitrogens is 1. The molecule has 3 aromatic rings. The highest BCUT2D eigenvalue weighted by Gasteiger charge is 2.10. The van der Waals surface area contributed by atoms with Crippen LogP contribution in [-0.2, 0) is 4.79 Å². The summed E-state index contributed by atoms with van der Waals surface area (Å²) in [6, 6.07) is 11.3. The smallest absolute Gasteiger partial charge is 0.159 e. The first-order valence-electron chi connectivity index (χ1n) is 7.74. The van der Waals surface area contributed by atoms with Crippen molar-refractivity contribution in [1.29, 1.82) is 0 Å². The average Bonchev–Trinajstić information content (AvgIpc) is 3.01. The fourth-order valence-corrected chi connectivity index (χ4v) is 3.49. The van der Waals surface area contributed by atoms with Gasteiger partial charge in [0.2, 0.25) is 0 Å². The van der Waals surface area contributed by atoms with Crippen LogP contribution in [-0.4, -0.2) is 11.0 Å². The minimum Gasteiger partial charge on any atom is -0.550 e. The summed E-state index contributed by atoms with van der Waals surface area (Å²) in [5, 5.41) is 11.4. The van der Waals surface area contributed by atoms with Gasteiger partial charge < -0.3 is 9.90 Å². The maximum atomic E-state index is 13.5. The molecule has 0 bridgehead atoms. The van der Waals surface area contributed by atoms with Crippen LogP contribution in [0.2, 0.25) is 0 Å². The quantitative estimate of drug-likeness (QED) is 0.668. The van der Waals surface area contributed by atoms with Gasteiger partial charge in [-0.15, -0.1) is 11.3 Å². The molecule has 0 spiro atoms. The zero-order valence-electron chi connectivity index (χ0n) is 13.2. The Morgan fingerprint density at radius 2 is 1.92 bits per heavy atom. The molecule has 3 nitrogen and oxygen atoms in total. The first-order valence-corrected chi connectivity index (χ1v) is 8.56. The topological polar surface area (TPSA) is 53.0 Å². The number of fused-ring (bicyclic) bond motifs is 1. The summed E-state index contributed by atoms with van der Waals surface area (Å²) in [6.45, 7) is 0. The molecule has 0 saturated carbocycles. The van der Waals surface area contributed by atoms with E-state index in [2.05, 4.69) is 4.98 Å². The van der Waals surface area contributed by atoms with Crippen molar-refractivity contribution in [3.8, 4) is 0 Å². The average molecular weight is 358 g/mol. The molecule has 0 unspecified atom stereocenters. The lowest BCUT2D eigenvalue weighted by atomic mass is 10.1. The Bertz CT molecular complexity index is 917. The number of carbonyl (C=O) groups is 1. The van der Waals surface area contributed by atoms with Crippen LogP contribution in [0.4, 0.5) is 8.78 Å². The van der Waals surface area contributed by atoms with Crippen LogP contribution in [0, 0.1) is 11.6 Å². The van der Waals surface area contributed by atoms with Crippen LogP contribution >= 0.6 is 11.3 Å². The number of carboxylic acid groups (broad SMARTS) is 1. The van der Waals surface area contributed by atoms with E-state index in [4.69, 9.17) is 0 Å². The van der Waals surface area contributed by atoms with Gasteiger partial charge in [-0.25, -0.2) is 13.8 Å². The van der Waals surface area contributed by atoms with Crippen LogP contribution in [0.3, 0.4) is 0 Å². The number of allylic oxidation sites excluding steroid dienone is 1. The third-order valence-corrected chi connectivity index (χ3v) is 4.79. The minimum absolute atomic E-state index is 0.0694. The Kier molecular flexibility index (Phi) is 5.19. The summed E-state index contributed by atoms with van der Waals surface area (Å²) in [4.78, 5) is 15.2. The number of hydrogen-bond acceptors (Lipinski definition) is 4. The molecule has 3 rings (SSSR count). The molecule has 0 fully saturated rings. The van der Waals surface area contributed by atoms with E-state index < -0.39 is 17.6 Å². The molecule has 1 aromatic heterocycles. The van der Waals surface area contributed by atoms with Gasteiger partial charge >= 0.3 is 0 Å². The van der Waals surface area contributed by atoms with Gasteiger partial charge in [0.15, 0.2) is 11.6 Å². The highest BCUT2D eigenvalue weighted by atomic mass is 32.1. The first kappa shape index (κ1) is 17.2. The number of halogens is 2. The van der Waals surface area contributed by atoms with Crippen molar-refractivity contribution in [1.82, 2.24) is 4.98 Å². The fourth-order valence-electron chi connectivity index (χ4n) is 2.48. The summed E-state index contributed by atoms with van der Waals surface area (Å²) >= 11 is 1.48. The Morgan fingerprint density at radius 1 is 1.12 bits per heavy atom. The van der Waals surface area contributed by atoms with Crippen molar-refractivity contribution < 1.29 is 18.7 Å². The Labute approximate surface area is 147 Å². The summed E-state index contributed by atoms with van der Waals surface area (Å²) in [7, 11) is 0. The number of aliphatic carboxylic acids is 1. The number of carboxylic acids is 1. The highest BCUT2D eigenvalue weighted by molar-refractivity contribution is 7.19. The fraction of sp³-hybridized carbons (Fsp3) is 0.158. The lowest BCUT2D eigenvalue weighted by molar-refractivity contribution is -0.305. The Morgan fingerprint density at radius 3 is 2.64 bits per heavy atom. The number of para-hydroxylation sites is 1. The number of nitrogens with zero attached hydrogens (tertiary/aromatic N) is 1. The second-order valence-corrected chi connectivity index (χ2v) is 6.59. The summed E-state index contributed by atoms with van der Waals surface area (Å²) in [5.41, 5.74) is 2.13. The standard InChI is InChI=1S/C19H15F2NO2S/c20-14-9-8-12(11-15(14)21)10-13(4-3-7-18(23)24)19-22-16-5-1-2-6-17(16)25-19/h1-2,5-6,8-11H,3-4,7H2,(H,23,24)/p-1/b13-10+. The van der Waals surface area contributed by atoms with Crippen LogP contribution < -0.4 is 5.11 Å². The van der Waals surface area contributed by atoms with Crippen molar-refractivity contribution in [2.75, 3.05) is 0 Å². The number of hydrogen-bond donors (Lipinski definition) is 0. The van der Waals surface area contributed by atoms with Gasteiger partial charge in [0, 0.05) is 5.97 Å². The Hall–Kier alpha value is -2.60. The van der Waals surface area contributed by atoms with E-state index in [0.717, 1.165) is 32.9 Å². The lowest BCUT2D eigenvalue weighted by Gasteiger charge is -2.06. The van der Waals surface area contributed by atoms with Crippen LogP contribution in [0.5, 0.6) is 0 Å². The largest absolute Gasteiger partial charge is 0.550 e. The molecular weight excluding hydrogens is 344 g/mol. The molecule has 0 aliphatic rings. The van der Waals surface area contributed by atoms with Gasteiger partial charge in [-0.3, -0.25) is 0 Å². The van der Waals surface area contributed by atoms with E-state index in [1.54, 1.807) is 6.08 Å². The lowest BCUT2D eigenvalue weighted by Crippen LogP contribution is -2.21. The molecule has 2 aromatic carbocycles. The third kappa shape index (κ3) is 4.28. The van der Waals surface area contributed by atoms with Gasteiger partial charge in [-0.1, -0.05) is 18.2 Å². The zero-order chi connectivity index (χ0) is 17.8. The monoisotopic (exact) mass is 358 g/mol. The molecule has 0 radical (unpaired) electrons. The SMILES string of the molecule is O=C([O-])CCC/C(=C\c1ccc(F)c(F)c1)c1nc2ccccc2s1. The van der Waals surface area contributed by atoms with Gasteiger partial charge in [0.25, 0.3) is 0 Å². The zero-order valence-corrected chi connectivity index (χ0v) is 14.0. The predicted octanol–water partition coefficient (Wildman–Crippen LogP) is 4.04. The van der Waals surface area contributed by atoms with Crippen LogP contribution in [0.15, 0.2) is 42.5 Å². The van der Waals surface area contributed by atoms with Crippen molar-refractivity contribution in [2.45, 2.75) is 19.3 Å². The molecule has 0 aliphatic heterocycles. The minimum atomic E-state index is -1.11. The van der Waals surface area contributed by atoms with Gasteiger partial charge in [-0.05, 0) is 60.7 Å². The van der Waals surface area contributed by atoms with E-state index in [9.17, 15) is 18.7 Å². The van der Waals surface area contributed by atoms with E-state index in [1.807, 2.05) is 24.3 Å². The molecule has 25 heavy (non-hydrogen) atoms. The first-order chi connectivity index (χ1) is 12.0. The van der Waals surface area contributed by atoms with E-state index in [0.29, 0.717) is 18.4 Å². The molecule has 0 N–H and O–H groups in total. The number of carbonyl (C=O) groups excluding carboxylic acids is 1. The number of benzene rings is 2. The van der Waals surface area contributed by atoms with Crippen molar-refractivity contribution in [3.63, 3.8) is 0 Å². The van der Waals surface area contributed by atoms with E-state index in [1.165, 1.54) is 17.4 Å². The van der Waals surface area contributed by atoms with Crippen LogP contribution in [0.25, 0.3) is 21.9 Å². The van der Waals surface area contributed by atoms with Gasteiger partial charge in [-0.2, -0.15) is 0 Å². The second-order valence-electron chi connectivity index (χ2n) is 5.56. The maximum absolute atomic E-state index is 13.5. The molecule has 128 valence electrons. The van der Waals surface area contributed by atoms with E-state index in [-0.39, 0.29) is 6.42 Å². The number of rotatable bonds is 6. The maximum Gasteiger partial charge on any atom is 0.159 e. The molecule has 1 heterocycles. The predicted molar refractivity (Wildman–Crippen MR) is 92.7 cm³/mol. The molecule has 0 aliphatic carbocycles. The van der Waals surface area contributed by atoms with Crippen molar-refractivity contribution in [2.24, 2.45) is 0 Å². The highest BCUT2D eigenvalue weighted by Crippen LogP contribution is 2.31. The summed E-state index contributed by atoms with van der Waals surface area (Å²) < 4.78 is 27.6. The normalized spacial score (nSPS) is 11.8. The number of thiazole rings is 1. The van der Waals surface area contributed by atoms with Crippen molar-refractivity contribution in [3.05, 3.63) is 64.7 Å². The van der Waals surface area contributed by atoms with Crippen molar-refractivity contribution >= 4 is 39.2 Å². The molecule has 0 saturated heterocycles. The molecular formula is C19H14F2NO2S-. The third-order valence-electron chi connectivity index (χ3n) is 3.68. The molecule has 6 heteroatoms.